The lowest BCUT2D eigenvalue weighted by molar-refractivity contribution is 0.488. The Kier molecular flexibility index (Phi) is 7.80. The molecule has 0 atom stereocenters. The highest BCUT2D eigenvalue weighted by Crippen LogP contribution is 2.53. The van der Waals surface area contributed by atoms with Crippen LogP contribution in [0.5, 0.6) is 11.5 Å². The minimum atomic E-state index is -0.283. The molecule has 11 aromatic rings. The van der Waals surface area contributed by atoms with Crippen LogP contribution in [0.4, 0.5) is 34.1 Å². The third-order valence-corrected chi connectivity index (χ3v) is 14.6. The fraction of sp³-hybridized carbons (Fsp3) is 0.0492. The SMILES string of the molecule is CC1(C)c2cc(N(c3ccccc3)c3ccccc3)ccc2-c2cc3c(cc21)B1c2cc4c5ccc6ccccc6c5n(-c5ccccc5)c4cc2Oc2cccc(c21)N3c1ccccc1. The van der Waals surface area contributed by atoms with Gasteiger partial charge in [0.2, 0.25) is 0 Å². The zero-order chi connectivity index (χ0) is 43.7. The molecule has 14 rings (SSSR count). The van der Waals surface area contributed by atoms with Crippen molar-refractivity contribution in [1.29, 1.82) is 0 Å². The third kappa shape index (κ3) is 5.22. The van der Waals surface area contributed by atoms with Crippen LogP contribution < -0.4 is 30.9 Å². The fourth-order valence-electron chi connectivity index (χ4n) is 11.6. The summed E-state index contributed by atoms with van der Waals surface area (Å²) in [5.41, 5.74) is 19.0. The highest BCUT2D eigenvalue weighted by Gasteiger charge is 2.45. The lowest BCUT2D eigenvalue weighted by Crippen LogP contribution is -2.59. The van der Waals surface area contributed by atoms with E-state index in [1.165, 1.54) is 71.4 Å². The standard InChI is InChI=1S/C61H42BN3O/c1-61(2)50-34-44(63(40-19-7-3-8-20-40)41-21-9-4-10-22-41)31-33-46(50)48-36-56-52(37-51(48)61)62-53-35-49-47-32-30-39-18-15-16-27-45(39)60(47)65(43-25-13-6-14-26-43)55(49)38-58(53)66-57-29-17-28-54(59(57)62)64(56)42-23-11-5-12-24-42/h3-38H,1-2H3. The molecule has 0 saturated heterocycles. The molecule has 1 aromatic heterocycles. The van der Waals surface area contributed by atoms with E-state index in [0.29, 0.717) is 0 Å². The van der Waals surface area contributed by atoms with E-state index in [0.717, 1.165) is 51.1 Å². The number of para-hydroxylation sites is 4. The third-order valence-electron chi connectivity index (χ3n) is 14.6. The molecule has 0 saturated carbocycles. The maximum absolute atomic E-state index is 7.15. The molecule has 0 amide bonds. The number of aromatic nitrogens is 1. The molecule has 2 aliphatic heterocycles. The molecule has 0 unspecified atom stereocenters. The fourth-order valence-corrected chi connectivity index (χ4v) is 11.6. The summed E-state index contributed by atoms with van der Waals surface area (Å²) in [6.07, 6.45) is 0. The van der Waals surface area contributed by atoms with Gasteiger partial charge in [0, 0.05) is 67.5 Å². The van der Waals surface area contributed by atoms with Gasteiger partial charge in [-0.05, 0) is 123 Å². The normalized spacial score (nSPS) is 13.8. The monoisotopic (exact) mass is 843 g/mol. The molecule has 10 aromatic carbocycles. The molecule has 3 aliphatic rings. The van der Waals surface area contributed by atoms with Crippen molar-refractivity contribution in [3.8, 4) is 28.3 Å². The Morgan fingerprint density at radius 1 is 0.455 bits per heavy atom. The van der Waals surface area contributed by atoms with E-state index in [9.17, 15) is 0 Å². The smallest absolute Gasteiger partial charge is 0.256 e. The van der Waals surface area contributed by atoms with Gasteiger partial charge in [-0.25, -0.2) is 0 Å². The molecule has 0 N–H and O–H groups in total. The first-order chi connectivity index (χ1) is 32.5. The minimum Gasteiger partial charge on any atom is -0.458 e. The van der Waals surface area contributed by atoms with E-state index >= 15 is 0 Å². The Bertz CT molecular complexity index is 3730. The minimum absolute atomic E-state index is 0.0677. The second-order valence-corrected chi connectivity index (χ2v) is 18.5. The summed E-state index contributed by atoms with van der Waals surface area (Å²) in [6, 6.07) is 79.9. The topological polar surface area (TPSA) is 20.6 Å². The number of anilines is 6. The van der Waals surface area contributed by atoms with Crippen LogP contribution in [0.2, 0.25) is 0 Å². The number of ether oxygens (including phenoxy) is 1. The average molecular weight is 844 g/mol. The lowest BCUT2D eigenvalue weighted by Gasteiger charge is -2.40. The molecular weight excluding hydrogens is 802 g/mol. The van der Waals surface area contributed by atoms with Crippen LogP contribution in [-0.2, 0) is 5.41 Å². The van der Waals surface area contributed by atoms with Gasteiger partial charge in [0.25, 0.3) is 6.71 Å². The van der Waals surface area contributed by atoms with Crippen molar-refractivity contribution in [1.82, 2.24) is 4.57 Å². The summed E-state index contributed by atoms with van der Waals surface area (Å²) in [5, 5.41) is 4.91. The summed E-state index contributed by atoms with van der Waals surface area (Å²) < 4.78 is 9.59. The molecule has 5 heteroatoms. The summed E-state index contributed by atoms with van der Waals surface area (Å²) >= 11 is 0. The molecule has 0 radical (unpaired) electrons. The van der Waals surface area contributed by atoms with Gasteiger partial charge in [0.1, 0.15) is 11.5 Å². The molecule has 4 nitrogen and oxygen atoms in total. The molecule has 3 heterocycles. The Labute approximate surface area is 384 Å². The summed E-state index contributed by atoms with van der Waals surface area (Å²) in [4.78, 5) is 4.84. The number of rotatable bonds is 5. The van der Waals surface area contributed by atoms with E-state index in [1.807, 2.05) is 0 Å². The lowest BCUT2D eigenvalue weighted by atomic mass is 9.34. The summed E-state index contributed by atoms with van der Waals surface area (Å²) in [6.45, 7) is 4.75. The molecule has 0 spiro atoms. The van der Waals surface area contributed by atoms with Crippen molar-refractivity contribution in [2.75, 3.05) is 9.80 Å². The Morgan fingerprint density at radius 3 is 1.86 bits per heavy atom. The van der Waals surface area contributed by atoms with Gasteiger partial charge in [-0.3, -0.25) is 0 Å². The first-order valence-corrected chi connectivity index (χ1v) is 23.0. The number of fused-ring (bicyclic) bond motifs is 12. The zero-order valence-corrected chi connectivity index (χ0v) is 36.6. The van der Waals surface area contributed by atoms with E-state index in [1.54, 1.807) is 0 Å². The van der Waals surface area contributed by atoms with Gasteiger partial charge >= 0.3 is 0 Å². The Balaban J connectivity index is 1.01. The first kappa shape index (κ1) is 37.1. The van der Waals surface area contributed by atoms with Crippen LogP contribution in [0, 0.1) is 0 Å². The van der Waals surface area contributed by atoms with E-state index in [4.69, 9.17) is 4.74 Å². The number of hydrogen-bond donors (Lipinski definition) is 0. The highest BCUT2D eigenvalue weighted by atomic mass is 16.5. The summed E-state index contributed by atoms with van der Waals surface area (Å²) in [5.74, 6) is 1.80. The van der Waals surface area contributed by atoms with Gasteiger partial charge in [-0.2, -0.15) is 0 Å². The first-order valence-electron chi connectivity index (χ1n) is 23.0. The zero-order valence-electron chi connectivity index (χ0n) is 36.6. The van der Waals surface area contributed by atoms with Crippen molar-refractivity contribution < 1.29 is 4.74 Å². The molecule has 0 fully saturated rings. The Morgan fingerprint density at radius 2 is 1.12 bits per heavy atom. The van der Waals surface area contributed by atoms with E-state index < -0.39 is 0 Å². The van der Waals surface area contributed by atoms with Crippen molar-refractivity contribution in [3.05, 3.63) is 230 Å². The maximum atomic E-state index is 7.15. The Hall–Kier alpha value is -8.28. The predicted octanol–water partition coefficient (Wildman–Crippen LogP) is 14.1. The van der Waals surface area contributed by atoms with Gasteiger partial charge in [0.05, 0.1) is 11.0 Å². The number of benzene rings is 10. The number of nitrogens with zero attached hydrogens (tertiary/aromatic N) is 3. The molecule has 0 bridgehead atoms. The highest BCUT2D eigenvalue weighted by molar-refractivity contribution is 6.99. The van der Waals surface area contributed by atoms with Gasteiger partial charge < -0.3 is 19.1 Å². The molecule has 66 heavy (non-hydrogen) atoms. The van der Waals surface area contributed by atoms with Crippen LogP contribution in [0.3, 0.4) is 0 Å². The van der Waals surface area contributed by atoms with Gasteiger partial charge in [-0.15, -0.1) is 0 Å². The van der Waals surface area contributed by atoms with E-state index in [-0.39, 0.29) is 12.1 Å². The predicted molar refractivity (Wildman–Crippen MR) is 276 cm³/mol. The molecule has 1 aliphatic carbocycles. The van der Waals surface area contributed by atoms with Crippen molar-refractivity contribution in [3.63, 3.8) is 0 Å². The van der Waals surface area contributed by atoms with Crippen LogP contribution in [0.1, 0.15) is 25.0 Å². The van der Waals surface area contributed by atoms with Crippen molar-refractivity contribution >= 4 is 89.8 Å². The average Bonchev–Trinajstić information content (AvgIpc) is 3.81. The second kappa shape index (κ2) is 13.9. The largest absolute Gasteiger partial charge is 0.458 e. The van der Waals surface area contributed by atoms with Crippen LogP contribution >= 0.6 is 0 Å². The number of hydrogen-bond acceptors (Lipinski definition) is 3. The van der Waals surface area contributed by atoms with Crippen LogP contribution in [0.15, 0.2) is 218 Å². The van der Waals surface area contributed by atoms with E-state index in [2.05, 4.69) is 247 Å². The molecular formula is C61H42BN3O. The second-order valence-electron chi connectivity index (χ2n) is 18.5. The van der Waals surface area contributed by atoms with Gasteiger partial charge in [-0.1, -0.05) is 147 Å². The van der Waals surface area contributed by atoms with Crippen LogP contribution in [0.25, 0.3) is 49.4 Å². The summed E-state index contributed by atoms with van der Waals surface area (Å²) in [7, 11) is 0. The van der Waals surface area contributed by atoms with Crippen molar-refractivity contribution in [2.45, 2.75) is 19.3 Å². The maximum Gasteiger partial charge on any atom is 0.256 e. The van der Waals surface area contributed by atoms with Crippen molar-refractivity contribution in [2.24, 2.45) is 0 Å². The van der Waals surface area contributed by atoms with Crippen LogP contribution in [-0.4, -0.2) is 11.3 Å². The molecule has 310 valence electrons. The van der Waals surface area contributed by atoms with Gasteiger partial charge in [0.15, 0.2) is 0 Å². The quantitative estimate of drug-likeness (QED) is 0.161.